The zero-order chi connectivity index (χ0) is 17.4. The minimum Gasteiger partial charge on any atom is -0.488 e. The number of rotatable bonds is 8. The van der Waals surface area contributed by atoms with E-state index >= 15 is 0 Å². The van der Waals surface area contributed by atoms with E-state index in [0.717, 1.165) is 41.7 Å². The van der Waals surface area contributed by atoms with Crippen LogP contribution in [-0.2, 0) is 6.61 Å². The van der Waals surface area contributed by atoms with Gasteiger partial charge in [-0.05, 0) is 52.5 Å². The summed E-state index contributed by atoms with van der Waals surface area (Å²) in [5.74, 6) is 0.821. The lowest BCUT2D eigenvalue weighted by atomic mass is 10.1. The van der Waals surface area contributed by atoms with Crippen LogP contribution in [0.25, 0.3) is 0 Å². The standard InChI is InChI=1S/C20H24BrNO2/c1-3-12-22(13-4-2)20(23)17-10-11-19(18(21)14-17)24-15-16-8-6-5-7-9-16/h5-11,14H,3-4,12-13,15H2,1-2H3. The maximum atomic E-state index is 12.6. The Hall–Kier alpha value is -1.81. The lowest BCUT2D eigenvalue weighted by molar-refractivity contribution is 0.0755. The highest BCUT2D eigenvalue weighted by molar-refractivity contribution is 9.10. The molecular formula is C20H24BrNO2. The van der Waals surface area contributed by atoms with E-state index in [1.165, 1.54) is 0 Å². The number of amides is 1. The maximum Gasteiger partial charge on any atom is 0.253 e. The number of hydrogen-bond donors (Lipinski definition) is 0. The molecule has 0 aliphatic rings. The Morgan fingerprint density at radius 2 is 1.71 bits per heavy atom. The first kappa shape index (κ1) is 18.5. The third-order valence-corrected chi connectivity index (χ3v) is 4.31. The fourth-order valence-corrected chi connectivity index (χ4v) is 3.02. The molecule has 2 aromatic carbocycles. The first-order valence-corrected chi connectivity index (χ1v) is 9.20. The van der Waals surface area contributed by atoms with Crippen molar-refractivity contribution in [2.75, 3.05) is 13.1 Å². The van der Waals surface area contributed by atoms with Crippen LogP contribution < -0.4 is 4.74 Å². The van der Waals surface area contributed by atoms with Gasteiger partial charge in [-0.1, -0.05) is 44.2 Å². The second-order valence-electron chi connectivity index (χ2n) is 5.71. The van der Waals surface area contributed by atoms with Gasteiger partial charge in [-0.2, -0.15) is 0 Å². The SMILES string of the molecule is CCCN(CCC)C(=O)c1ccc(OCc2ccccc2)c(Br)c1. The van der Waals surface area contributed by atoms with Gasteiger partial charge in [-0.25, -0.2) is 0 Å². The largest absolute Gasteiger partial charge is 0.488 e. The summed E-state index contributed by atoms with van der Waals surface area (Å²) in [7, 11) is 0. The van der Waals surface area contributed by atoms with E-state index in [9.17, 15) is 4.79 Å². The van der Waals surface area contributed by atoms with Gasteiger partial charge in [0.2, 0.25) is 0 Å². The Morgan fingerprint density at radius 1 is 1.04 bits per heavy atom. The smallest absolute Gasteiger partial charge is 0.253 e. The Bertz CT molecular complexity index is 652. The second-order valence-corrected chi connectivity index (χ2v) is 6.57. The van der Waals surface area contributed by atoms with Crippen molar-refractivity contribution in [3.05, 3.63) is 64.1 Å². The molecule has 0 radical (unpaired) electrons. The van der Waals surface area contributed by atoms with Crippen LogP contribution in [0.15, 0.2) is 53.0 Å². The third-order valence-electron chi connectivity index (χ3n) is 3.69. The molecule has 3 nitrogen and oxygen atoms in total. The van der Waals surface area contributed by atoms with Crippen molar-refractivity contribution in [3.63, 3.8) is 0 Å². The number of hydrogen-bond acceptors (Lipinski definition) is 2. The predicted octanol–water partition coefficient (Wildman–Crippen LogP) is 5.29. The molecule has 0 aliphatic carbocycles. The average Bonchev–Trinajstić information content (AvgIpc) is 2.60. The number of ether oxygens (including phenoxy) is 1. The molecule has 0 spiro atoms. The van der Waals surface area contributed by atoms with E-state index in [4.69, 9.17) is 4.74 Å². The summed E-state index contributed by atoms with van der Waals surface area (Å²) in [6.07, 6.45) is 1.93. The average molecular weight is 390 g/mol. The van der Waals surface area contributed by atoms with Crippen LogP contribution in [0, 0.1) is 0 Å². The van der Waals surface area contributed by atoms with Gasteiger partial charge in [-0.15, -0.1) is 0 Å². The lowest BCUT2D eigenvalue weighted by Crippen LogP contribution is -2.32. The monoisotopic (exact) mass is 389 g/mol. The molecule has 0 bridgehead atoms. The zero-order valence-electron chi connectivity index (χ0n) is 14.3. The van der Waals surface area contributed by atoms with Crippen LogP contribution in [0.5, 0.6) is 5.75 Å². The van der Waals surface area contributed by atoms with Gasteiger partial charge in [0.05, 0.1) is 4.47 Å². The van der Waals surface area contributed by atoms with Crippen molar-refractivity contribution in [2.24, 2.45) is 0 Å². The number of carbonyl (C=O) groups excluding carboxylic acids is 1. The topological polar surface area (TPSA) is 29.5 Å². The van der Waals surface area contributed by atoms with Gasteiger partial charge in [0.1, 0.15) is 12.4 Å². The predicted molar refractivity (Wildman–Crippen MR) is 101 cm³/mol. The van der Waals surface area contributed by atoms with Crippen molar-refractivity contribution in [2.45, 2.75) is 33.3 Å². The highest BCUT2D eigenvalue weighted by Gasteiger charge is 2.15. The van der Waals surface area contributed by atoms with Crippen LogP contribution in [0.4, 0.5) is 0 Å². The van der Waals surface area contributed by atoms with Gasteiger partial charge in [0.15, 0.2) is 0 Å². The maximum absolute atomic E-state index is 12.6. The summed E-state index contributed by atoms with van der Waals surface area (Å²) >= 11 is 3.52. The summed E-state index contributed by atoms with van der Waals surface area (Å²) < 4.78 is 6.64. The van der Waals surface area contributed by atoms with Crippen LogP contribution in [0.3, 0.4) is 0 Å². The normalized spacial score (nSPS) is 10.5. The molecular weight excluding hydrogens is 366 g/mol. The van der Waals surface area contributed by atoms with E-state index in [2.05, 4.69) is 29.8 Å². The van der Waals surface area contributed by atoms with E-state index in [1.807, 2.05) is 53.4 Å². The first-order chi connectivity index (χ1) is 11.7. The van der Waals surface area contributed by atoms with Crippen molar-refractivity contribution < 1.29 is 9.53 Å². The third kappa shape index (κ3) is 5.10. The van der Waals surface area contributed by atoms with Crippen LogP contribution in [-0.4, -0.2) is 23.9 Å². The molecule has 0 unspecified atom stereocenters. The molecule has 2 rings (SSSR count). The van der Waals surface area contributed by atoms with Crippen molar-refractivity contribution >= 4 is 21.8 Å². The first-order valence-electron chi connectivity index (χ1n) is 8.41. The molecule has 0 saturated carbocycles. The molecule has 1 amide bonds. The van der Waals surface area contributed by atoms with E-state index in [-0.39, 0.29) is 5.91 Å². The van der Waals surface area contributed by atoms with Crippen LogP contribution >= 0.6 is 15.9 Å². The molecule has 0 aromatic heterocycles. The molecule has 0 saturated heterocycles. The Morgan fingerprint density at radius 3 is 2.29 bits per heavy atom. The van der Waals surface area contributed by atoms with Gasteiger partial charge < -0.3 is 9.64 Å². The van der Waals surface area contributed by atoms with E-state index in [0.29, 0.717) is 12.2 Å². The van der Waals surface area contributed by atoms with E-state index < -0.39 is 0 Å². The number of halogens is 1. The fourth-order valence-electron chi connectivity index (χ4n) is 2.52. The van der Waals surface area contributed by atoms with Gasteiger partial charge in [0, 0.05) is 18.7 Å². The van der Waals surface area contributed by atoms with Gasteiger partial charge in [0.25, 0.3) is 5.91 Å². The van der Waals surface area contributed by atoms with Crippen molar-refractivity contribution in [1.82, 2.24) is 4.90 Å². The summed E-state index contributed by atoms with van der Waals surface area (Å²) in [6, 6.07) is 15.6. The van der Waals surface area contributed by atoms with Crippen LogP contribution in [0.2, 0.25) is 0 Å². The molecule has 2 aromatic rings. The van der Waals surface area contributed by atoms with Gasteiger partial charge >= 0.3 is 0 Å². The number of carbonyl (C=O) groups is 1. The molecule has 0 heterocycles. The Balaban J connectivity index is 2.06. The highest BCUT2D eigenvalue weighted by Crippen LogP contribution is 2.27. The fraction of sp³-hybridized carbons (Fsp3) is 0.350. The van der Waals surface area contributed by atoms with E-state index in [1.54, 1.807) is 0 Å². The molecule has 0 aliphatic heterocycles. The Kier molecular flexibility index (Phi) is 7.32. The Labute approximate surface area is 152 Å². The summed E-state index contributed by atoms with van der Waals surface area (Å²) in [6.45, 7) is 6.26. The summed E-state index contributed by atoms with van der Waals surface area (Å²) in [5.41, 5.74) is 1.80. The van der Waals surface area contributed by atoms with Crippen molar-refractivity contribution in [3.8, 4) is 5.75 Å². The summed E-state index contributed by atoms with van der Waals surface area (Å²) in [4.78, 5) is 14.5. The molecule has 0 fully saturated rings. The minimum absolute atomic E-state index is 0.0778. The molecule has 128 valence electrons. The summed E-state index contributed by atoms with van der Waals surface area (Å²) in [5, 5.41) is 0. The van der Waals surface area contributed by atoms with Gasteiger partial charge in [-0.3, -0.25) is 4.79 Å². The minimum atomic E-state index is 0.0778. The quantitative estimate of drug-likeness (QED) is 0.613. The second kappa shape index (κ2) is 9.48. The number of benzene rings is 2. The van der Waals surface area contributed by atoms with Crippen molar-refractivity contribution in [1.29, 1.82) is 0 Å². The molecule has 0 N–H and O–H groups in total. The highest BCUT2D eigenvalue weighted by atomic mass is 79.9. The zero-order valence-corrected chi connectivity index (χ0v) is 15.9. The lowest BCUT2D eigenvalue weighted by Gasteiger charge is -2.21. The van der Waals surface area contributed by atoms with Crippen LogP contribution in [0.1, 0.15) is 42.6 Å². The molecule has 4 heteroatoms. The molecule has 0 atom stereocenters. The number of nitrogens with zero attached hydrogens (tertiary/aromatic N) is 1. The molecule has 24 heavy (non-hydrogen) atoms.